The summed E-state index contributed by atoms with van der Waals surface area (Å²) in [4.78, 5) is 23.0. The Kier molecular flexibility index (Phi) is 6.39. The average molecular weight is 341 g/mol. The van der Waals surface area contributed by atoms with Gasteiger partial charge in [0.15, 0.2) is 0 Å². The first-order valence-corrected chi connectivity index (χ1v) is 8.27. The maximum atomic E-state index is 11.9. The zero-order chi connectivity index (χ0) is 18.2. The Balaban J connectivity index is 1.93. The predicted octanol–water partition coefficient (Wildman–Crippen LogP) is 3.89. The number of anilines is 1. The number of nitrogens with two attached hydrogens (primary N) is 1. The second-order valence-corrected chi connectivity index (χ2v) is 5.63. The maximum Gasteiger partial charge on any atom is 0.319 e. The lowest BCUT2D eigenvalue weighted by molar-refractivity contribution is 0.1000. The minimum absolute atomic E-state index is 0.172. The van der Waals surface area contributed by atoms with E-state index in [9.17, 15) is 9.59 Å². The lowest BCUT2D eigenvalue weighted by atomic mass is 10.2. The molecule has 3 amide bonds. The third-order valence-electron chi connectivity index (χ3n) is 3.81. The van der Waals surface area contributed by atoms with E-state index in [0.29, 0.717) is 22.7 Å². The number of hydrogen-bond donors (Lipinski definition) is 3. The van der Waals surface area contributed by atoms with E-state index in [1.165, 1.54) is 0 Å². The Hall–Kier alpha value is -3.02. The van der Waals surface area contributed by atoms with Crippen molar-refractivity contribution in [3.05, 3.63) is 54.1 Å². The van der Waals surface area contributed by atoms with Gasteiger partial charge in [-0.05, 0) is 61.4 Å². The van der Waals surface area contributed by atoms with E-state index in [4.69, 9.17) is 10.5 Å². The van der Waals surface area contributed by atoms with Crippen LogP contribution < -0.4 is 21.1 Å². The van der Waals surface area contributed by atoms with Crippen molar-refractivity contribution in [2.24, 2.45) is 5.73 Å². The van der Waals surface area contributed by atoms with Crippen LogP contribution in [0.1, 0.15) is 37.0 Å². The highest BCUT2D eigenvalue weighted by Gasteiger charge is 2.08. The van der Waals surface area contributed by atoms with Gasteiger partial charge in [-0.1, -0.05) is 13.8 Å². The summed E-state index contributed by atoms with van der Waals surface area (Å²) in [5, 5.41) is 5.71. The molecule has 132 valence electrons. The minimum Gasteiger partial charge on any atom is -0.457 e. The van der Waals surface area contributed by atoms with E-state index < -0.39 is 5.91 Å². The Morgan fingerprint density at radius 3 is 1.96 bits per heavy atom. The van der Waals surface area contributed by atoms with Crippen LogP contribution in [0.5, 0.6) is 11.5 Å². The largest absolute Gasteiger partial charge is 0.457 e. The van der Waals surface area contributed by atoms with Gasteiger partial charge in [0.1, 0.15) is 11.5 Å². The smallest absolute Gasteiger partial charge is 0.319 e. The van der Waals surface area contributed by atoms with Gasteiger partial charge >= 0.3 is 6.03 Å². The number of rotatable bonds is 7. The molecule has 0 aromatic heterocycles. The highest BCUT2D eigenvalue weighted by atomic mass is 16.5. The molecule has 0 aliphatic carbocycles. The first-order valence-electron chi connectivity index (χ1n) is 8.27. The molecular formula is C19H23N3O3. The van der Waals surface area contributed by atoms with Crippen molar-refractivity contribution in [3.8, 4) is 11.5 Å². The van der Waals surface area contributed by atoms with Gasteiger partial charge in [-0.25, -0.2) is 4.79 Å². The summed E-state index contributed by atoms with van der Waals surface area (Å²) in [5.41, 5.74) is 6.31. The van der Waals surface area contributed by atoms with Crippen molar-refractivity contribution in [1.29, 1.82) is 0 Å². The Morgan fingerprint density at radius 2 is 1.48 bits per heavy atom. The molecule has 2 rings (SSSR count). The van der Waals surface area contributed by atoms with Gasteiger partial charge in [-0.15, -0.1) is 0 Å². The second-order valence-electron chi connectivity index (χ2n) is 5.63. The number of ether oxygens (including phenoxy) is 1. The summed E-state index contributed by atoms with van der Waals surface area (Å²) in [6, 6.07) is 13.6. The number of amides is 3. The summed E-state index contributed by atoms with van der Waals surface area (Å²) in [5.74, 6) is 0.739. The van der Waals surface area contributed by atoms with Crippen molar-refractivity contribution < 1.29 is 14.3 Å². The van der Waals surface area contributed by atoms with E-state index in [0.717, 1.165) is 12.8 Å². The number of urea groups is 1. The van der Waals surface area contributed by atoms with Crippen molar-refractivity contribution >= 4 is 17.6 Å². The molecule has 0 bridgehead atoms. The van der Waals surface area contributed by atoms with Gasteiger partial charge in [0.25, 0.3) is 0 Å². The highest BCUT2D eigenvalue weighted by molar-refractivity contribution is 5.92. The van der Waals surface area contributed by atoms with Crippen LogP contribution in [0.25, 0.3) is 0 Å². The van der Waals surface area contributed by atoms with Gasteiger partial charge in [0.05, 0.1) is 0 Å². The molecule has 25 heavy (non-hydrogen) atoms. The van der Waals surface area contributed by atoms with Crippen molar-refractivity contribution in [3.63, 3.8) is 0 Å². The lowest BCUT2D eigenvalue weighted by Crippen LogP contribution is -2.37. The first-order chi connectivity index (χ1) is 12.0. The van der Waals surface area contributed by atoms with Crippen LogP contribution in [0, 0.1) is 0 Å². The first kappa shape index (κ1) is 18.3. The zero-order valence-corrected chi connectivity index (χ0v) is 14.4. The fourth-order valence-electron chi connectivity index (χ4n) is 2.28. The third kappa shape index (κ3) is 5.53. The van der Waals surface area contributed by atoms with E-state index in [-0.39, 0.29) is 12.1 Å². The molecule has 0 saturated heterocycles. The molecule has 0 saturated carbocycles. The monoisotopic (exact) mass is 341 g/mol. The van der Waals surface area contributed by atoms with E-state index >= 15 is 0 Å². The average Bonchev–Trinajstić information content (AvgIpc) is 2.61. The zero-order valence-electron chi connectivity index (χ0n) is 14.4. The van der Waals surface area contributed by atoms with Crippen LogP contribution in [-0.2, 0) is 0 Å². The van der Waals surface area contributed by atoms with Gasteiger partial charge < -0.3 is 21.1 Å². The predicted molar refractivity (Wildman–Crippen MR) is 98.0 cm³/mol. The molecule has 2 aromatic rings. The molecular weight excluding hydrogens is 318 g/mol. The van der Waals surface area contributed by atoms with Gasteiger partial charge in [0, 0.05) is 17.3 Å². The molecule has 0 spiro atoms. The number of nitrogens with one attached hydrogen (secondary N) is 2. The summed E-state index contributed by atoms with van der Waals surface area (Å²) in [6.45, 7) is 4.08. The molecule has 0 radical (unpaired) electrons. The normalized spacial score (nSPS) is 10.4. The third-order valence-corrected chi connectivity index (χ3v) is 3.81. The van der Waals surface area contributed by atoms with Gasteiger partial charge in [-0.3, -0.25) is 4.79 Å². The van der Waals surface area contributed by atoms with Gasteiger partial charge in [-0.2, -0.15) is 0 Å². The summed E-state index contributed by atoms with van der Waals surface area (Å²) in [7, 11) is 0. The fraction of sp³-hybridized carbons (Fsp3) is 0.263. The molecule has 4 N–H and O–H groups in total. The van der Waals surface area contributed by atoms with Gasteiger partial charge in [0.2, 0.25) is 5.91 Å². The molecule has 6 heteroatoms. The fourth-order valence-corrected chi connectivity index (χ4v) is 2.28. The summed E-state index contributed by atoms with van der Waals surface area (Å²) in [6.07, 6.45) is 1.79. The number of carbonyl (C=O) groups is 2. The molecule has 0 aliphatic rings. The van der Waals surface area contributed by atoms with Crippen LogP contribution in [0.4, 0.5) is 10.5 Å². The van der Waals surface area contributed by atoms with E-state index in [2.05, 4.69) is 10.6 Å². The van der Waals surface area contributed by atoms with Crippen LogP contribution in [0.2, 0.25) is 0 Å². The molecule has 0 unspecified atom stereocenters. The maximum absolute atomic E-state index is 11.9. The van der Waals surface area contributed by atoms with E-state index in [1.54, 1.807) is 48.5 Å². The summed E-state index contributed by atoms with van der Waals surface area (Å²) < 4.78 is 5.69. The Morgan fingerprint density at radius 1 is 0.960 bits per heavy atom. The SMILES string of the molecule is CCC(CC)NC(=O)Nc1ccc(Oc2ccc(C(N)=O)cc2)cc1. The Labute approximate surface area is 147 Å². The van der Waals surface area contributed by atoms with Crippen LogP contribution in [0.3, 0.4) is 0 Å². The molecule has 0 atom stereocenters. The summed E-state index contributed by atoms with van der Waals surface area (Å²) >= 11 is 0. The standard InChI is InChI=1S/C19H23N3O3/c1-3-14(4-2)21-19(24)22-15-7-11-17(12-8-15)25-16-9-5-13(6-10-16)18(20)23/h5-12,14H,3-4H2,1-2H3,(H2,20,23)(H2,21,22,24). The van der Waals surface area contributed by atoms with Crippen LogP contribution in [0.15, 0.2) is 48.5 Å². The molecule has 0 aliphatic heterocycles. The van der Waals surface area contributed by atoms with Crippen molar-refractivity contribution in [2.75, 3.05) is 5.32 Å². The molecule has 0 fully saturated rings. The number of carbonyl (C=O) groups excluding carboxylic acids is 2. The second kappa shape index (κ2) is 8.73. The van der Waals surface area contributed by atoms with E-state index in [1.807, 2.05) is 13.8 Å². The van der Waals surface area contributed by atoms with Crippen molar-refractivity contribution in [1.82, 2.24) is 5.32 Å². The number of hydrogen-bond acceptors (Lipinski definition) is 3. The minimum atomic E-state index is -0.478. The lowest BCUT2D eigenvalue weighted by Gasteiger charge is -2.15. The molecule has 2 aromatic carbocycles. The van der Waals surface area contributed by atoms with Crippen molar-refractivity contribution in [2.45, 2.75) is 32.7 Å². The van der Waals surface area contributed by atoms with Crippen LogP contribution >= 0.6 is 0 Å². The quantitative estimate of drug-likeness (QED) is 0.713. The molecule has 0 heterocycles. The number of benzene rings is 2. The highest BCUT2D eigenvalue weighted by Crippen LogP contribution is 2.23. The topological polar surface area (TPSA) is 93.4 Å². The molecule has 6 nitrogen and oxygen atoms in total. The Bertz CT molecular complexity index is 708. The number of primary amides is 1. The van der Waals surface area contributed by atoms with Crippen LogP contribution in [-0.4, -0.2) is 18.0 Å².